The summed E-state index contributed by atoms with van der Waals surface area (Å²) in [6.07, 6.45) is -2.83. The van der Waals surface area contributed by atoms with E-state index >= 15 is 0 Å². The standard InChI is InChI=1S/C15H11F3N4OS/c1-23-12-7-9(5-6-19-12)13-21-14(24-22-13)20-11-4-2-3-10(8-11)15(16,17)18/h2-8H,1H3,(H,20,21,22). The van der Waals surface area contributed by atoms with Crippen LogP contribution in [0.3, 0.4) is 0 Å². The summed E-state index contributed by atoms with van der Waals surface area (Å²) in [7, 11) is 1.50. The Hall–Kier alpha value is -2.68. The zero-order chi connectivity index (χ0) is 17.2. The van der Waals surface area contributed by atoms with Gasteiger partial charge in [-0.25, -0.2) is 4.98 Å². The van der Waals surface area contributed by atoms with E-state index in [1.807, 2.05) is 0 Å². The highest BCUT2D eigenvalue weighted by atomic mass is 32.1. The third-order valence-corrected chi connectivity index (χ3v) is 3.70. The molecule has 9 heteroatoms. The lowest BCUT2D eigenvalue weighted by molar-refractivity contribution is -0.137. The van der Waals surface area contributed by atoms with Crippen molar-refractivity contribution in [2.45, 2.75) is 6.18 Å². The summed E-state index contributed by atoms with van der Waals surface area (Å²) in [5.41, 5.74) is 0.270. The van der Waals surface area contributed by atoms with Gasteiger partial charge in [-0.1, -0.05) is 6.07 Å². The lowest BCUT2D eigenvalue weighted by atomic mass is 10.2. The molecule has 1 N–H and O–H groups in total. The van der Waals surface area contributed by atoms with Crippen molar-refractivity contribution < 1.29 is 17.9 Å². The monoisotopic (exact) mass is 352 g/mol. The van der Waals surface area contributed by atoms with Gasteiger partial charge in [0.2, 0.25) is 11.0 Å². The number of aromatic nitrogens is 3. The van der Waals surface area contributed by atoms with E-state index in [1.54, 1.807) is 18.3 Å². The topological polar surface area (TPSA) is 59.9 Å². The van der Waals surface area contributed by atoms with Crippen LogP contribution in [0.15, 0.2) is 42.6 Å². The maximum Gasteiger partial charge on any atom is 0.416 e. The van der Waals surface area contributed by atoms with Crippen LogP contribution < -0.4 is 10.1 Å². The third-order valence-electron chi connectivity index (χ3n) is 3.07. The molecular weight excluding hydrogens is 341 g/mol. The number of ether oxygens (including phenoxy) is 1. The molecule has 0 saturated heterocycles. The molecular formula is C15H11F3N4OS. The van der Waals surface area contributed by atoms with Crippen molar-refractivity contribution in [3.63, 3.8) is 0 Å². The van der Waals surface area contributed by atoms with E-state index in [4.69, 9.17) is 4.74 Å². The number of benzene rings is 1. The molecule has 0 aliphatic rings. The Morgan fingerprint density at radius 3 is 2.75 bits per heavy atom. The first-order valence-corrected chi connectivity index (χ1v) is 7.51. The molecule has 0 saturated carbocycles. The predicted octanol–water partition coefficient (Wildman–Crippen LogP) is 4.37. The van der Waals surface area contributed by atoms with Crippen LogP contribution in [0.4, 0.5) is 24.0 Å². The average molecular weight is 352 g/mol. The van der Waals surface area contributed by atoms with Crippen molar-refractivity contribution in [1.82, 2.24) is 14.3 Å². The SMILES string of the molecule is COc1cc(-c2nsc(Nc3cccc(C(F)(F)F)c3)n2)ccn1. The van der Waals surface area contributed by atoms with Gasteiger partial charge in [0.1, 0.15) is 0 Å². The lowest BCUT2D eigenvalue weighted by Crippen LogP contribution is -2.05. The quantitative estimate of drug-likeness (QED) is 0.755. The summed E-state index contributed by atoms with van der Waals surface area (Å²) in [5, 5.41) is 3.22. The van der Waals surface area contributed by atoms with Crippen LogP contribution in [0.2, 0.25) is 0 Å². The Balaban J connectivity index is 1.81. The molecule has 0 unspecified atom stereocenters. The zero-order valence-corrected chi connectivity index (χ0v) is 13.1. The summed E-state index contributed by atoms with van der Waals surface area (Å²) in [5.74, 6) is 0.866. The first-order valence-electron chi connectivity index (χ1n) is 6.74. The summed E-state index contributed by atoms with van der Waals surface area (Å²) in [6.45, 7) is 0. The Morgan fingerprint density at radius 1 is 1.17 bits per heavy atom. The van der Waals surface area contributed by atoms with Crippen molar-refractivity contribution in [3.05, 3.63) is 48.2 Å². The molecule has 2 aromatic heterocycles. The fourth-order valence-electron chi connectivity index (χ4n) is 1.95. The molecule has 0 fully saturated rings. The summed E-state index contributed by atoms with van der Waals surface area (Å²) >= 11 is 1.05. The maximum atomic E-state index is 12.7. The molecule has 3 rings (SSSR count). The number of anilines is 2. The highest BCUT2D eigenvalue weighted by molar-refractivity contribution is 7.09. The molecule has 5 nitrogen and oxygen atoms in total. The van der Waals surface area contributed by atoms with Gasteiger partial charge < -0.3 is 10.1 Å². The summed E-state index contributed by atoms with van der Waals surface area (Å²) in [6, 6.07) is 8.30. The highest BCUT2D eigenvalue weighted by Crippen LogP contribution is 2.32. The van der Waals surface area contributed by atoms with Crippen LogP contribution in [0.5, 0.6) is 5.88 Å². The lowest BCUT2D eigenvalue weighted by Gasteiger charge is -2.08. The maximum absolute atomic E-state index is 12.7. The molecule has 24 heavy (non-hydrogen) atoms. The van der Waals surface area contributed by atoms with E-state index in [9.17, 15) is 13.2 Å². The van der Waals surface area contributed by atoms with Crippen LogP contribution >= 0.6 is 11.5 Å². The second-order valence-corrected chi connectivity index (χ2v) is 5.47. The van der Waals surface area contributed by atoms with Gasteiger partial charge in [-0.15, -0.1) is 0 Å². The van der Waals surface area contributed by atoms with Gasteiger partial charge >= 0.3 is 6.18 Å². The first-order chi connectivity index (χ1) is 11.5. The minimum atomic E-state index is -4.39. The highest BCUT2D eigenvalue weighted by Gasteiger charge is 2.30. The number of hydrogen-bond donors (Lipinski definition) is 1. The molecule has 124 valence electrons. The van der Waals surface area contributed by atoms with Gasteiger partial charge in [-0.3, -0.25) is 0 Å². The molecule has 0 radical (unpaired) electrons. The van der Waals surface area contributed by atoms with Crippen LogP contribution in [-0.4, -0.2) is 21.5 Å². The van der Waals surface area contributed by atoms with Gasteiger partial charge in [0, 0.05) is 35.0 Å². The number of alkyl halides is 3. The van der Waals surface area contributed by atoms with Crippen molar-refractivity contribution in [3.8, 4) is 17.3 Å². The fourth-order valence-corrected chi connectivity index (χ4v) is 2.56. The van der Waals surface area contributed by atoms with Crippen LogP contribution in [0.1, 0.15) is 5.56 Å². The number of rotatable bonds is 4. The Labute approximate surface area is 139 Å². The molecule has 3 aromatic rings. The Kier molecular flexibility index (Phi) is 4.34. The van der Waals surface area contributed by atoms with Crippen LogP contribution in [0.25, 0.3) is 11.4 Å². The number of hydrogen-bond acceptors (Lipinski definition) is 6. The zero-order valence-electron chi connectivity index (χ0n) is 12.3. The second-order valence-electron chi connectivity index (χ2n) is 4.71. The van der Waals surface area contributed by atoms with Crippen LogP contribution in [-0.2, 0) is 6.18 Å². The summed E-state index contributed by atoms with van der Waals surface area (Å²) < 4.78 is 47.4. The fraction of sp³-hybridized carbons (Fsp3) is 0.133. The van der Waals surface area contributed by atoms with Crippen molar-refractivity contribution in [2.75, 3.05) is 12.4 Å². The van der Waals surface area contributed by atoms with E-state index in [1.165, 1.54) is 19.2 Å². The number of nitrogens with one attached hydrogen (secondary N) is 1. The third kappa shape index (κ3) is 3.62. The molecule has 2 heterocycles. The number of halogens is 3. The van der Waals surface area contributed by atoms with Gasteiger partial charge in [0.25, 0.3) is 0 Å². The molecule has 0 aliphatic heterocycles. The van der Waals surface area contributed by atoms with E-state index in [2.05, 4.69) is 19.7 Å². The van der Waals surface area contributed by atoms with Crippen molar-refractivity contribution >= 4 is 22.4 Å². The number of pyridine rings is 1. The first kappa shape index (κ1) is 16.2. The smallest absolute Gasteiger partial charge is 0.416 e. The normalized spacial score (nSPS) is 11.3. The van der Waals surface area contributed by atoms with Gasteiger partial charge in [-0.05, 0) is 24.3 Å². The Bertz CT molecular complexity index is 850. The van der Waals surface area contributed by atoms with Crippen molar-refractivity contribution in [2.24, 2.45) is 0 Å². The molecule has 1 aromatic carbocycles. The molecule has 0 atom stereocenters. The molecule has 0 bridgehead atoms. The average Bonchev–Trinajstić information content (AvgIpc) is 3.03. The minimum absolute atomic E-state index is 0.292. The van der Waals surface area contributed by atoms with Crippen molar-refractivity contribution in [1.29, 1.82) is 0 Å². The van der Waals surface area contributed by atoms with Gasteiger partial charge in [-0.2, -0.15) is 22.5 Å². The van der Waals surface area contributed by atoms with Gasteiger partial charge in [0.05, 0.1) is 12.7 Å². The molecule has 0 aliphatic carbocycles. The summed E-state index contributed by atoms with van der Waals surface area (Å²) in [4.78, 5) is 8.27. The number of nitrogens with zero attached hydrogens (tertiary/aromatic N) is 3. The largest absolute Gasteiger partial charge is 0.481 e. The molecule has 0 amide bonds. The Morgan fingerprint density at radius 2 is 2.00 bits per heavy atom. The van der Waals surface area contributed by atoms with E-state index in [0.29, 0.717) is 28.1 Å². The van der Waals surface area contributed by atoms with Gasteiger partial charge in [0.15, 0.2) is 5.82 Å². The second kappa shape index (κ2) is 6.44. The minimum Gasteiger partial charge on any atom is -0.481 e. The number of methoxy groups -OCH3 is 1. The predicted molar refractivity (Wildman–Crippen MR) is 84.4 cm³/mol. The van der Waals surface area contributed by atoms with E-state index in [0.717, 1.165) is 23.7 Å². The van der Waals surface area contributed by atoms with Crippen LogP contribution in [0, 0.1) is 0 Å². The van der Waals surface area contributed by atoms with E-state index < -0.39 is 11.7 Å². The molecule has 0 spiro atoms. The van der Waals surface area contributed by atoms with E-state index in [-0.39, 0.29) is 0 Å².